The molecule has 3 N–H and O–H groups in total. The van der Waals surface area contributed by atoms with E-state index in [4.69, 9.17) is 9.84 Å². The summed E-state index contributed by atoms with van der Waals surface area (Å²) >= 11 is 0. The molecule has 1 aromatic carbocycles. The average molecular weight is 459 g/mol. The summed E-state index contributed by atoms with van der Waals surface area (Å²) in [6, 6.07) is 9.31. The molecule has 0 bridgehead atoms. The van der Waals surface area contributed by atoms with Gasteiger partial charge in [0.1, 0.15) is 6.61 Å². The molecule has 0 heterocycles. The van der Waals surface area contributed by atoms with Gasteiger partial charge in [-0.3, -0.25) is 14.4 Å². The minimum Gasteiger partial charge on any atom is -0.463 e. The van der Waals surface area contributed by atoms with Gasteiger partial charge in [-0.2, -0.15) is 0 Å². The summed E-state index contributed by atoms with van der Waals surface area (Å²) in [4.78, 5) is 37.7. The number of aliphatic hydroxyl groups excluding tert-OH is 1. The van der Waals surface area contributed by atoms with Crippen LogP contribution in [0.1, 0.15) is 45.6 Å². The number of nitrogens with one attached hydrogen (secondary N) is 2. The third-order valence-electron chi connectivity index (χ3n) is 5.08. The fraction of sp³-hybridized carbons (Fsp3) is 0.500. The van der Waals surface area contributed by atoms with Gasteiger partial charge in [0, 0.05) is 12.5 Å². The van der Waals surface area contributed by atoms with Gasteiger partial charge in [-0.25, -0.2) is 0 Å². The Balaban J connectivity index is 2.69. The van der Waals surface area contributed by atoms with Crippen LogP contribution < -0.4 is 10.6 Å². The number of amides is 2. The maximum atomic E-state index is 12.8. The molecular formula is C26H38N2O5. The van der Waals surface area contributed by atoms with E-state index in [9.17, 15) is 14.4 Å². The van der Waals surface area contributed by atoms with Crippen LogP contribution in [0.15, 0.2) is 55.6 Å². The zero-order valence-corrected chi connectivity index (χ0v) is 20.0. The van der Waals surface area contributed by atoms with Gasteiger partial charge in [0.2, 0.25) is 11.8 Å². The van der Waals surface area contributed by atoms with Crippen LogP contribution in [0.25, 0.3) is 0 Å². The lowest BCUT2D eigenvalue weighted by molar-refractivity contribution is -0.151. The molecular weight excluding hydrogens is 420 g/mol. The summed E-state index contributed by atoms with van der Waals surface area (Å²) in [5.41, 5.74) is 0.210. The quantitative estimate of drug-likeness (QED) is 0.277. The van der Waals surface area contributed by atoms with Crippen molar-refractivity contribution in [3.63, 3.8) is 0 Å². The van der Waals surface area contributed by atoms with E-state index in [1.165, 1.54) is 0 Å². The number of benzene rings is 1. The van der Waals surface area contributed by atoms with E-state index in [1.54, 1.807) is 32.9 Å². The average Bonchev–Trinajstić information content (AvgIpc) is 2.77. The van der Waals surface area contributed by atoms with Crippen molar-refractivity contribution in [2.45, 2.75) is 58.0 Å². The Morgan fingerprint density at radius 3 is 2.27 bits per heavy atom. The van der Waals surface area contributed by atoms with Crippen LogP contribution in [0.3, 0.4) is 0 Å². The molecule has 2 amide bonds. The number of allylic oxidation sites excluding steroid dienone is 2. The first-order valence-corrected chi connectivity index (χ1v) is 11.3. The number of aliphatic hydroxyl groups is 1. The third kappa shape index (κ3) is 11.0. The van der Waals surface area contributed by atoms with E-state index in [0.29, 0.717) is 19.3 Å². The molecule has 0 aromatic heterocycles. The second-order valence-corrected chi connectivity index (χ2v) is 8.97. The van der Waals surface area contributed by atoms with Gasteiger partial charge in [0.25, 0.3) is 0 Å². The molecule has 1 rings (SSSR count). The zero-order valence-electron chi connectivity index (χ0n) is 20.0. The van der Waals surface area contributed by atoms with Gasteiger partial charge in [0.15, 0.2) is 0 Å². The molecule has 3 atom stereocenters. The lowest BCUT2D eigenvalue weighted by Gasteiger charge is -2.29. The maximum absolute atomic E-state index is 12.8. The number of ether oxygens (including phenoxy) is 1. The van der Waals surface area contributed by atoms with Crippen LogP contribution in [0.4, 0.5) is 0 Å². The van der Waals surface area contributed by atoms with Crippen molar-refractivity contribution in [3.8, 4) is 0 Å². The number of carbonyl (C=O) groups is 3. The molecule has 7 nitrogen and oxygen atoms in total. The molecule has 0 aliphatic carbocycles. The van der Waals surface area contributed by atoms with Gasteiger partial charge < -0.3 is 20.5 Å². The highest BCUT2D eigenvalue weighted by Crippen LogP contribution is 2.17. The normalized spacial score (nSPS) is 13.8. The van der Waals surface area contributed by atoms with Crippen molar-refractivity contribution in [1.29, 1.82) is 0 Å². The van der Waals surface area contributed by atoms with Gasteiger partial charge >= 0.3 is 5.97 Å². The predicted octanol–water partition coefficient (Wildman–Crippen LogP) is 2.94. The van der Waals surface area contributed by atoms with Crippen molar-refractivity contribution < 1.29 is 24.2 Å². The standard InChI is InChI=1S/C26H38N2O5/c1-6-11-21(16-23(30)27-19(3)17-29)24(31)28-26(4,5)18-33-25(32)22(12-7-2)15-20-13-9-8-10-14-20/h6-10,13-14,19,21-22,29H,1-2,11-12,15-18H2,3-5H3,(H,27,30)(H,28,31)/t19-,21-,22+/m0/s1. The van der Waals surface area contributed by atoms with Crippen LogP contribution in [-0.2, 0) is 25.5 Å². The van der Waals surface area contributed by atoms with E-state index in [1.807, 2.05) is 30.3 Å². The van der Waals surface area contributed by atoms with Gasteiger partial charge in [-0.15, -0.1) is 13.2 Å². The number of carbonyl (C=O) groups excluding carboxylic acids is 3. The topological polar surface area (TPSA) is 105 Å². The Morgan fingerprint density at radius 1 is 1.09 bits per heavy atom. The largest absolute Gasteiger partial charge is 0.463 e. The highest BCUT2D eigenvalue weighted by atomic mass is 16.5. The summed E-state index contributed by atoms with van der Waals surface area (Å²) in [6.45, 7) is 12.4. The molecule has 0 fully saturated rings. The van der Waals surface area contributed by atoms with Crippen molar-refractivity contribution in [3.05, 3.63) is 61.2 Å². The Hall–Kier alpha value is -2.93. The highest BCUT2D eigenvalue weighted by Gasteiger charge is 2.29. The van der Waals surface area contributed by atoms with E-state index in [-0.39, 0.29) is 49.4 Å². The molecule has 33 heavy (non-hydrogen) atoms. The molecule has 7 heteroatoms. The molecule has 0 radical (unpaired) electrons. The van der Waals surface area contributed by atoms with Crippen molar-refractivity contribution in [2.24, 2.45) is 11.8 Å². The van der Waals surface area contributed by atoms with Crippen LogP contribution in [0.2, 0.25) is 0 Å². The van der Waals surface area contributed by atoms with Crippen LogP contribution in [0.5, 0.6) is 0 Å². The number of hydrogen-bond acceptors (Lipinski definition) is 5. The lowest BCUT2D eigenvalue weighted by Crippen LogP contribution is -2.50. The number of esters is 1. The first-order valence-electron chi connectivity index (χ1n) is 11.3. The summed E-state index contributed by atoms with van der Waals surface area (Å²) in [5, 5.41) is 14.6. The van der Waals surface area contributed by atoms with E-state index in [0.717, 1.165) is 5.56 Å². The second-order valence-electron chi connectivity index (χ2n) is 8.97. The predicted molar refractivity (Wildman–Crippen MR) is 129 cm³/mol. The van der Waals surface area contributed by atoms with E-state index < -0.39 is 11.5 Å². The minimum absolute atomic E-state index is 0.00540. The monoisotopic (exact) mass is 458 g/mol. The molecule has 0 spiro atoms. The van der Waals surface area contributed by atoms with Crippen LogP contribution in [-0.4, -0.2) is 47.7 Å². The molecule has 0 aliphatic heterocycles. The third-order valence-corrected chi connectivity index (χ3v) is 5.08. The van der Waals surface area contributed by atoms with Gasteiger partial charge in [-0.1, -0.05) is 42.5 Å². The summed E-state index contributed by atoms with van der Waals surface area (Å²) in [7, 11) is 0. The summed E-state index contributed by atoms with van der Waals surface area (Å²) in [5.74, 6) is -1.97. The lowest BCUT2D eigenvalue weighted by atomic mass is 9.96. The van der Waals surface area contributed by atoms with Crippen molar-refractivity contribution >= 4 is 17.8 Å². The molecule has 0 aliphatic rings. The van der Waals surface area contributed by atoms with Crippen LogP contribution >= 0.6 is 0 Å². The SMILES string of the molecule is C=CC[C@@H](CC(=O)N[C@@H](C)CO)C(=O)NC(C)(C)COC(=O)[C@H](CC=C)Cc1ccccc1. The molecule has 0 unspecified atom stereocenters. The smallest absolute Gasteiger partial charge is 0.309 e. The van der Waals surface area contributed by atoms with Crippen molar-refractivity contribution in [2.75, 3.05) is 13.2 Å². The Kier molecular flexibility index (Phi) is 12.1. The van der Waals surface area contributed by atoms with Gasteiger partial charge in [-0.05, 0) is 45.6 Å². The fourth-order valence-electron chi connectivity index (χ4n) is 3.29. The van der Waals surface area contributed by atoms with E-state index >= 15 is 0 Å². The highest BCUT2D eigenvalue weighted by molar-refractivity contribution is 5.86. The number of rotatable bonds is 15. The first kappa shape index (κ1) is 28.1. The summed E-state index contributed by atoms with van der Waals surface area (Å²) in [6.07, 6.45) is 4.61. The first-order chi connectivity index (χ1) is 15.6. The second kappa shape index (κ2) is 14.3. The Labute approximate surface area is 197 Å². The molecule has 182 valence electrons. The van der Waals surface area contributed by atoms with Crippen molar-refractivity contribution in [1.82, 2.24) is 10.6 Å². The zero-order chi connectivity index (χ0) is 24.9. The number of hydrogen-bond donors (Lipinski definition) is 3. The summed E-state index contributed by atoms with van der Waals surface area (Å²) < 4.78 is 5.55. The maximum Gasteiger partial charge on any atom is 0.309 e. The van der Waals surface area contributed by atoms with E-state index in [2.05, 4.69) is 23.8 Å². The molecule has 0 saturated carbocycles. The molecule has 1 aromatic rings. The minimum atomic E-state index is -0.827. The Bertz CT molecular complexity index is 791. The molecule has 0 saturated heterocycles. The fourth-order valence-corrected chi connectivity index (χ4v) is 3.29. The van der Waals surface area contributed by atoms with Crippen LogP contribution in [0, 0.1) is 11.8 Å². The Morgan fingerprint density at radius 2 is 1.70 bits per heavy atom. The van der Waals surface area contributed by atoms with Gasteiger partial charge in [0.05, 0.1) is 24.0 Å².